The largest absolute Gasteiger partial charge is 0.394 e. The Morgan fingerprint density at radius 3 is 2.50 bits per heavy atom. The predicted octanol–water partition coefficient (Wildman–Crippen LogP) is 2.86. The average Bonchev–Trinajstić information content (AvgIpc) is 2.50. The molecule has 0 radical (unpaired) electrons. The lowest BCUT2D eigenvalue weighted by atomic mass is 9.84. The Balaban J connectivity index is 1.77. The molecule has 0 amide bonds. The molecule has 1 aliphatic rings. The third kappa shape index (κ3) is 4.89. The molecule has 0 saturated heterocycles. The van der Waals surface area contributed by atoms with E-state index in [4.69, 9.17) is 10.5 Å². The maximum Gasteiger partial charge on any atom is 0.0960 e. The fourth-order valence-corrected chi connectivity index (χ4v) is 3.05. The van der Waals surface area contributed by atoms with Gasteiger partial charge < -0.3 is 15.6 Å². The minimum atomic E-state index is -0.253. The highest BCUT2D eigenvalue weighted by molar-refractivity contribution is 5.13. The number of benzene rings is 1. The van der Waals surface area contributed by atoms with E-state index in [-0.39, 0.29) is 18.8 Å². The van der Waals surface area contributed by atoms with Crippen LogP contribution in [0.3, 0.4) is 0 Å². The Kier molecular flexibility index (Phi) is 6.51. The zero-order valence-corrected chi connectivity index (χ0v) is 12.2. The van der Waals surface area contributed by atoms with Crippen LogP contribution >= 0.6 is 0 Å². The number of rotatable bonds is 7. The summed E-state index contributed by atoms with van der Waals surface area (Å²) < 4.78 is 5.81. The van der Waals surface area contributed by atoms with Crippen molar-refractivity contribution in [1.29, 1.82) is 0 Å². The second kappa shape index (κ2) is 8.40. The SMILES string of the molecule is N[C@@H](CC1CCCCC1)[C@H](CO)OCc1ccccc1. The first-order chi connectivity index (χ1) is 9.79. The van der Waals surface area contributed by atoms with Gasteiger partial charge in [0.25, 0.3) is 0 Å². The van der Waals surface area contributed by atoms with E-state index in [1.54, 1.807) is 0 Å². The fourth-order valence-electron chi connectivity index (χ4n) is 3.05. The van der Waals surface area contributed by atoms with E-state index >= 15 is 0 Å². The summed E-state index contributed by atoms with van der Waals surface area (Å²) in [6.07, 6.45) is 7.30. The van der Waals surface area contributed by atoms with E-state index in [9.17, 15) is 5.11 Å². The molecule has 0 heterocycles. The Hall–Kier alpha value is -0.900. The van der Waals surface area contributed by atoms with Crippen molar-refractivity contribution in [3.8, 4) is 0 Å². The van der Waals surface area contributed by atoms with Gasteiger partial charge in [-0.25, -0.2) is 0 Å². The van der Waals surface area contributed by atoms with Gasteiger partial charge in [-0.05, 0) is 17.9 Å². The molecule has 3 nitrogen and oxygen atoms in total. The molecule has 0 aromatic heterocycles. The number of aliphatic hydroxyl groups is 1. The molecule has 0 aliphatic heterocycles. The van der Waals surface area contributed by atoms with Crippen LogP contribution in [0.5, 0.6) is 0 Å². The van der Waals surface area contributed by atoms with Crippen molar-refractivity contribution >= 4 is 0 Å². The van der Waals surface area contributed by atoms with Crippen LogP contribution in [0, 0.1) is 5.92 Å². The van der Waals surface area contributed by atoms with Gasteiger partial charge in [-0.1, -0.05) is 62.4 Å². The highest BCUT2D eigenvalue weighted by Crippen LogP contribution is 2.27. The predicted molar refractivity (Wildman–Crippen MR) is 81.3 cm³/mol. The van der Waals surface area contributed by atoms with Crippen molar-refractivity contribution in [3.63, 3.8) is 0 Å². The van der Waals surface area contributed by atoms with Gasteiger partial charge in [0.2, 0.25) is 0 Å². The van der Waals surface area contributed by atoms with E-state index in [1.165, 1.54) is 32.1 Å². The van der Waals surface area contributed by atoms with Crippen LogP contribution in [0.4, 0.5) is 0 Å². The molecule has 1 aromatic carbocycles. The Morgan fingerprint density at radius 2 is 1.85 bits per heavy atom. The van der Waals surface area contributed by atoms with E-state index in [2.05, 4.69) is 0 Å². The van der Waals surface area contributed by atoms with Crippen molar-refractivity contribution in [3.05, 3.63) is 35.9 Å². The standard InChI is InChI=1S/C17H27NO2/c18-16(11-14-7-3-1-4-8-14)17(12-19)20-13-15-9-5-2-6-10-15/h2,5-6,9-10,14,16-17,19H,1,3-4,7-8,11-13,18H2/t16-,17-/m0/s1. The van der Waals surface area contributed by atoms with Crippen LogP contribution in [-0.2, 0) is 11.3 Å². The molecule has 1 aliphatic carbocycles. The number of hydrogen-bond acceptors (Lipinski definition) is 3. The first-order valence-electron chi connectivity index (χ1n) is 7.81. The Bertz CT molecular complexity index is 363. The molecule has 1 aromatic rings. The zero-order chi connectivity index (χ0) is 14.2. The van der Waals surface area contributed by atoms with E-state index in [1.807, 2.05) is 30.3 Å². The van der Waals surface area contributed by atoms with Gasteiger partial charge >= 0.3 is 0 Å². The molecule has 20 heavy (non-hydrogen) atoms. The maximum absolute atomic E-state index is 9.50. The molecule has 2 rings (SSSR count). The lowest BCUT2D eigenvalue weighted by Gasteiger charge is -2.28. The molecule has 2 atom stereocenters. The molecule has 3 N–H and O–H groups in total. The van der Waals surface area contributed by atoms with E-state index in [0.29, 0.717) is 12.5 Å². The monoisotopic (exact) mass is 277 g/mol. The summed E-state index contributed by atoms with van der Waals surface area (Å²) in [5.74, 6) is 0.716. The lowest BCUT2D eigenvalue weighted by Crippen LogP contribution is -2.41. The van der Waals surface area contributed by atoms with Crippen molar-refractivity contribution in [2.24, 2.45) is 11.7 Å². The lowest BCUT2D eigenvalue weighted by molar-refractivity contribution is -0.0174. The molecule has 1 saturated carbocycles. The van der Waals surface area contributed by atoms with Crippen LogP contribution in [0.15, 0.2) is 30.3 Å². The summed E-state index contributed by atoms with van der Waals surface area (Å²) in [5.41, 5.74) is 7.36. The zero-order valence-electron chi connectivity index (χ0n) is 12.2. The van der Waals surface area contributed by atoms with Gasteiger partial charge in [0.15, 0.2) is 0 Å². The quantitative estimate of drug-likeness (QED) is 0.805. The van der Waals surface area contributed by atoms with Crippen molar-refractivity contribution < 1.29 is 9.84 Å². The van der Waals surface area contributed by atoms with Crippen LogP contribution in [0.25, 0.3) is 0 Å². The Morgan fingerprint density at radius 1 is 1.15 bits per heavy atom. The van der Waals surface area contributed by atoms with Gasteiger partial charge in [-0.3, -0.25) is 0 Å². The topological polar surface area (TPSA) is 55.5 Å². The number of aliphatic hydroxyl groups excluding tert-OH is 1. The molecular weight excluding hydrogens is 250 g/mol. The van der Waals surface area contributed by atoms with Crippen molar-refractivity contribution in [1.82, 2.24) is 0 Å². The molecule has 1 fully saturated rings. The van der Waals surface area contributed by atoms with Crippen LogP contribution in [-0.4, -0.2) is 23.9 Å². The molecule has 112 valence electrons. The first kappa shape index (κ1) is 15.5. The van der Waals surface area contributed by atoms with Crippen LogP contribution in [0.1, 0.15) is 44.1 Å². The normalized spacial score (nSPS) is 19.7. The minimum absolute atomic E-state index is 0.000715. The van der Waals surface area contributed by atoms with Crippen LogP contribution < -0.4 is 5.73 Å². The van der Waals surface area contributed by atoms with Gasteiger partial charge in [0, 0.05) is 6.04 Å². The van der Waals surface area contributed by atoms with Gasteiger partial charge in [0.05, 0.1) is 19.3 Å². The molecule has 0 bridgehead atoms. The summed E-state index contributed by atoms with van der Waals surface area (Å²) in [7, 11) is 0. The molecular formula is C17H27NO2. The third-order valence-electron chi connectivity index (χ3n) is 4.29. The Labute approximate surface area is 122 Å². The number of ether oxygens (including phenoxy) is 1. The third-order valence-corrected chi connectivity index (χ3v) is 4.29. The summed E-state index contributed by atoms with van der Waals surface area (Å²) in [6, 6.07) is 9.97. The van der Waals surface area contributed by atoms with E-state index < -0.39 is 0 Å². The van der Waals surface area contributed by atoms with Gasteiger partial charge in [-0.2, -0.15) is 0 Å². The summed E-state index contributed by atoms with van der Waals surface area (Å²) in [6.45, 7) is 0.519. The van der Waals surface area contributed by atoms with Crippen LogP contribution in [0.2, 0.25) is 0 Å². The molecule has 0 spiro atoms. The second-order valence-corrected chi connectivity index (χ2v) is 5.92. The molecule has 3 heteroatoms. The second-order valence-electron chi connectivity index (χ2n) is 5.92. The summed E-state index contributed by atoms with van der Waals surface area (Å²) >= 11 is 0. The number of hydrogen-bond donors (Lipinski definition) is 2. The fraction of sp³-hybridized carbons (Fsp3) is 0.647. The highest BCUT2D eigenvalue weighted by atomic mass is 16.5. The minimum Gasteiger partial charge on any atom is -0.394 e. The smallest absolute Gasteiger partial charge is 0.0960 e. The van der Waals surface area contributed by atoms with E-state index in [0.717, 1.165) is 12.0 Å². The van der Waals surface area contributed by atoms with Crippen molar-refractivity contribution in [2.45, 2.75) is 57.3 Å². The highest BCUT2D eigenvalue weighted by Gasteiger charge is 2.23. The summed E-state index contributed by atoms with van der Waals surface area (Å²) in [5, 5.41) is 9.50. The van der Waals surface area contributed by atoms with Crippen molar-refractivity contribution in [2.75, 3.05) is 6.61 Å². The number of nitrogens with two attached hydrogens (primary N) is 1. The molecule has 0 unspecified atom stereocenters. The average molecular weight is 277 g/mol. The summed E-state index contributed by atoms with van der Waals surface area (Å²) in [4.78, 5) is 0. The van der Waals surface area contributed by atoms with Gasteiger partial charge in [0.1, 0.15) is 0 Å². The van der Waals surface area contributed by atoms with Gasteiger partial charge in [-0.15, -0.1) is 0 Å². The maximum atomic E-state index is 9.50. The first-order valence-corrected chi connectivity index (χ1v) is 7.81.